The summed E-state index contributed by atoms with van der Waals surface area (Å²) < 4.78 is 6.21. The standard InChI is InChI=1S/C28H28NOP/c1-22-11-10-16-25(20-29-19-23-12-4-2-5-13-23)28(22)31-27-18-9-8-17-26(27)30-21-24-14-6-3-7-15-24/h2-18,29,31H,19-21H2,1H3. The average molecular weight is 426 g/mol. The van der Waals surface area contributed by atoms with E-state index in [1.165, 1.54) is 32.9 Å². The molecular formula is C28H28NOP. The number of hydrogen-bond donors (Lipinski definition) is 1. The molecule has 3 heteroatoms. The van der Waals surface area contributed by atoms with Gasteiger partial charge in [0.05, 0.1) is 0 Å². The molecule has 156 valence electrons. The number of hydrogen-bond acceptors (Lipinski definition) is 2. The molecule has 1 N–H and O–H groups in total. The van der Waals surface area contributed by atoms with Crippen molar-refractivity contribution in [2.24, 2.45) is 0 Å². The number of ether oxygens (including phenoxy) is 1. The molecule has 0 aromatic heterocycles. The second-order valence-corrected chi connectivity index (χ2v) is 8.88. The highest BCUT2D eigenvalue weighted by Gasteiger charge is 2.11. The molecule has 2 nitrogen and oxygen atoms in total. The van der Waals surface area contributed by atoms with Crippen molar-refractivity contribution in [3.05, 3.63) is 125 Å². The maximum atomic E-state index is 6.21. The largest absolute Gasteiger partial charge is 0.488 e. The molecule has 0 spiro atoms. The lowest BCUT2D eigenvalue weighted by atomic mass is 10.1. The summed E-state index contributed by atoms with van der Waals surface area (Å²) in [7, 11) is 0.554. The lowest BCUT2D eigenvalue weighted by molar-refractivity contribution is 0.309. The van der Waals surface area contributed by atoms with Crippen LogP contribution in [0.4, 0.5) is 0 Å². The lowest BCUT2D eigenvalue weighted by Crippen LogP contribution is -2.20. The van der Waals surface area contributed by atoms with Crippen molar-refractivity contribution >= 4 is 19.2 Å². The third kappa shape index (κ3) is 6.04. The van der Waals surface area contributed by atoms with Crippen molar-refractivity contribution < 1.29 is 4.74 Å². The molecule has 0 radical (unpaired) electrons. The van der Waals surface area contributed by atoms with Gasteiger partial charge in [-0.15, -0.1) is 0 Å². The SMILES string of the molecule is Cc1cccc(CNCc2ccccc2)c1Pc1ccccc1OCc1ccccc1. The molecule has 31 heavy (non-hydrogen) atoms. The molecular weight excluding hydrogens is 397 g/mol. The van der Waals surface area contributed by atoms with Gasteiger partial charge in [-0.3, -0.25) is 0 Å². The monoisotopic (exact) mass is 425 g/mol. The zero-order chi connectivity index (χ0) is 21.3. The van der Waals surface area contributed by atoms with E-state index in [-0.39, 0.29) is 0 Å². The van der Waals surface area contributed by atoms with Crippen LogP contribution in [0.25, 0.3) is 0 Å². The minimum Gasteiger partial charge on any atom is -0.488 e. The van der Waals surface area contributed by atoms with Gasteiger partial charge in [-0.2, -0.15) is 0 Å². The van der Waals surface area contributed by atoms with Crippen LogP contribution < -0.4 is 20.7 Å². The van der Waals surface area contributed by atoms with Crippen LogP contribution in [0.2, 0.25) is 0 Å². The molecule has 4 rings (SSSR count). The Hall–Kier alpha value is -2.93. The van der Waals surface area contributed by atoms with E-state index in [1.54, 1.807) is 0 Å². The predicted molar refractivity (Wildman–Crippen MR) is 133 cm³/mol. The van der Waals surface area contributed by atoms with Crippen LogP contribution in [-0.2, 0) is 19.7 Å². The molecule has 0 aliphatic rings. The van der Waals surface area contributed by atoms with E-state index in [4.69, 9.17) is 4.74 Å². The molecule has 0 fully saturated rings. The van der Waals surface area contributed by atoms with E-state index < -0.39 is 0 Å². The van der Waals surface area contributed by atoms with Crippen LogP contribution in [0.3, 0.4) is 0 Å². The van der Waals surface area contributed by atoms with Crippen LogP contribution in [0, 0.1) is 6.92 Å². The number of benzene rings is 4. The van der Waals surface area contributed by atoms with Crippen LogP contribution in [0.5, 0.6) is 5.75 Å². The summed E-state index contributed by atoms with van der Waals surface area (Å²) in [4.78, 5) is 0. The molecule has 0 heterocycles. The number of rotatable bonds is 9. The highest BCUT2D eigenvalue weighted by molar-refractivity contribution is 7.56. The molecule has 4 aromatic carbocycles. The first-order valence-corrected chi connectivity index (χ1v) is 11.7. The van der Waals surface area contributed by atoms with Crippen molar-refractivity contribution in [2.75, 3.05) is 0 Å². The number of para-hydroxylation sites is 1. The smallest absolute Gasteiger partial charge is 0.127 e. The molecule has 0 bridgehead atoms. The Kier molecular flexibility index (Phi) is 7.50. The van der Waals surface area contributed by atoms with Crippen LogP contribution >= 0.6 is 8.58 Å². The van der Waals surface area contributed by atoms with Gasteiger partial charge >= 0.3 is 0 Å². The third-order valence-corrected chi connectivity index (χ3v) is 6.88. The van der Waals surface area contributed by atoms with Gasteiger partial charge in [-0.25, -0.2) is 0 Å². The van der Waals surface area contributed by atoms with Gasteiger partial charge in [0.2, 0.25) is 0 Å². The molecule has 0 aliphatic heterocycles. The highest BCUT2D eigenvalue weighted by atomic mass is 31.1. The first kappa shape index (κ1) is 21.3. The van der Waals surface area contributed by atoms with Crippen LogP contribution in [0.1, 0.15) is 22.3 Å². The van der Waals surface area contributed by atoms with E-state index in [1.807, 2.05) is 18.2 Å². The first-order valence-electron chi connectivity index (χ1n) is 10.7. The Labute approximate surface area is 187 Å². The Bertz CT molecular complexity index is 1100. The van der Waals surface area contributed by atoms with Gasteiger partial charge in [0.25, 0.3) is 0 Å². The summed E-state index contributed by atoms with van der Waals surface area (Å²) in [5.74, 6) is 0.969. The Morgan fingerprint density at radius 1 is 0.677 bits per heavy atom. The fraction of sp³-hybridized carbons (Fsp3) is 0.143. The number of nitrogens with one attached hydrogen (secondary N) is 1. The second kappa shape index (κ2) is 10.9. The van der Waals surface area contributed by atoms with E-state index in [0.29, 0.717) is 15.2 Å². The average Bonchev–Trinajstić information content (AvgIpc) is 2.82. The van der Waals surface area contributed by atoms with Crippen molar-refractivity contribution in [2.45, 2.75) is 26.6 Å². The minimum atomic E-state index is 0.554. The van der Waals surface area contributed by atoms with Crippen molar-refractivity contribution in [3.8, 4) is 5.75 Å². The lowest BCUT2D eigenvalue weighted by Gasteiger charge is -2.16. The summed E-state index contributed by atoms with van der Waals surface area (Å²) in [6.07, 6.45) is 0. The quantitative estimate of drug-likeness (QED) is 0.358. The van der Waals surface area contributed by atoms with Gasteiger partial charge in [-0.1, -0.05) is 106 Å². The predicted octanol–water partition coefficient (Wildman–Crippen LogP) is 5.49. The summed E-state index contributed by atoms with van der Waals surface area (Å²) in [5, 5.41) is 6.25. The van der Waals surface area contributed by atoms with Crippen molar-refractivity contribution in [1.29, 1.82) is 0 Å². The van der Waals surface area contributed by atoms with E-state index in [0.717, 1.165) is 18.8 Å². The minimum absolute atomic E-state index is 0.554. The molecule has 0 saturated carbocycles. The topological polar surface area (TPSA) is 21.3 Å². The third-order valence-electron chi connectivity index (χ3n) is 5.23. The molecule has 4 aromatic rings. The summed E-state index contributed by atoms with van der Waals surface area (Å²) in [6, 6.07) is 35.9. The van der Waals surface area contributed by atoms with Gasteiger partial charge in [0, 0.05) is 18.4 Å². The maximum Gasteiger partial charge on any atom is 0.127 e. The van der Waals surface area contributed by atoms with E-state index >= 15 is 0 Å². The molecule has 1 unspecified atom stereocenters. The van der Waals surface area contributed by atoms with Crippen LogP contribution in [0.15, 0.2) is 103 Å². The Morgan fingerprint density at radius 3 is 2.13 bits per heavy atom. The first-order chi connectivity index (χ1) is 15.3. The highest BCUT2D eigenvalue weighted by Crippen LogP contribution is 2.23. The Balaban J connectivity index is 1.47. The summed E-state index contributed by atoms with van der Waals surface area (Å²) in [5.41, 5.74) is 5.17. The van der Waals surface area contributed by atoms with Crippen molar-refractivity contribution in [3.63, 3.8) is 0 Å². The number of aryl methyl sites for hydroxylation is 1. The van der Waals surface area contributed by atoms with Gasteiger partial charge in [-0.05, 0) is 40.5 Å². The maximum absolute atomic E-state index is 6.21. The normalized spacial score (nSPS) is 11.1. The fourth-order valence-corrected chi connectivity index (χ4v) is 4.90. The van der Waals surface area contributed by atoms with E-state index in [9.17, 15) is 0 Å². The van der Waals surface area contributed by atoms with Gasteiger partial charge in [0.1, 0.15) is 12.4 Å². The summed E-state index contributed by atoms with van der Waals surface area (Å²) in [6.45, 7) is 4.51. The van der Waals surface area contributed by atoms with Gasteiger partial charge in [0.15, 0.2) is 0 Å². The molecule has 0 amide bonds. The van der Waals surface area contributed by atoms with E-state index in [2.05, 4.69) is 97.2 Å². The van der Waals surface area contributed by atoms with Crippen LogP contribution in [-0.4, -0.2) is 0 Å². The molecule has 0 saturated heterocycles. The molecule has 0 aliphatic carbocycles. The van der Waals surface area contributed by atoms with Gasteiger partial charge < -0.3 is 10.1 Å². The van der Waals surface area contributed by atoms with Crippen molar-refractivity contribution in [1.82, 2.24) is 5.32 Å². The fourth-order valence-electron chi connectivity index (χ4n) is 3.56. The Morgan fingerprint density at radius 2 is 1.35 bits per heavy atom. The zero-order valence-corrected chi connectivity index (χ0v) is 18.8. The zero-order valence-electron chi connectivity index (χ0n) is 17.8. The molecule has 1 atom stereocenters. The second-order valence-electron chi connectivity index (χ2n) is 7.59. The summed E-state index contributed by atoms with van der Waals surface area (Å²) >= 11 is 0.